The van der Waals surface area contributed by atoms with Gasteiger partial charge in [0.2, 0.25) is 0 Å². The highest BCUT2D eigenvalue weighted by molar-refractivity contribution is 5.68. The summed E-state index contributed by atoms with van der Waals surface area (Å²) in [6.07, 6.45) is 0.542. The summed E-state index contributed by atoms with van der Waals surface area (Å²) in [6, 6.07) is 9.17. The third-order valence-electron chi connectivity index (χ3n) is 2.65. The van der Waals surface area contributed by atoms with E-state index in [1.165, 1.54) is 6.08 Å². The van der Waals surface area contributed by atoms with Crippen LogP contribution in [0.5, 0.6) is 0 Å². The molecule has 0 fully saturated rings. The molecule has 1 rings (SSSR count). The molecule has 20 heavy (non-hydrogen) atoms. The maximum atomic E-state index is 11.8. The minimum atomic E-state index is -0.831. The molecule has 4 heteroatoms. The van der Waals surface area contributed by atoms with Gasteiger partial charge in [-0.05, 0) is 32.8 Å². The summed E-state index contributed by atoms with van der Waals surface area (Å²) in [5, 5.41) is 12.6. The Balaban J connectivity index is 2.70. The van der Waals surface area contributed by atoms with Crippen molar-refractivity contribution in [1.29, 1.82) is 0 Å². The van der Waals surface area contributed by atoms with Gasteiger partial charge in [-0.15, -0.1) is 6.58 Å². The van der Waals surface area contributed by atoms with Crippen LogP contribution >= 0.6 is 0 Å². The Labute approximate surface area is 120 Å². The number of ether oxygens (including phenoxy) is 1. The van der Waals surface area contributed by atoms with Gasteiger partial charge in [0.1, 0.15) is 5.60 Å². The van der Waals surface area contributed by atoms with Crippen LogP contribution in [0.2, 0.25) is 0 Å². The first-order valence-electron chi connectivity index (χ1n) is 6.66. The third-order valence-corrected chi connectivity index (χ3v) is 2.65. The van der Waals surface area contributed by atoms with Gasteiger partial charge in [0.05, 0.1) is 12.1 Å². The highest BCUT2D eigenvalue weighted by atomic mass is 16.6. The molecule has 0 heterocycles. The number of nitrogens with one attached hydrogen (secondary N) is 1. The Morgan fingerprint density at radius 1 is 1.40 bits per heavy atom. The number of benzene rings is 1. The molecule has 0 bridgehead atoms. The minimum absolute atomic E-state index is 0.468. The highest BCUT2D eigenvalue weighted by Crippen LogP contribution is 2.10. The van der Waals surface area contributed by atoms with Crippen molar-refractivity contribution in [2.75, 3.05) is 0 Å². The first kappa shape index (κ1) is 16.2. The standard InChI is InChI=1S/C16H23NO3/c1-5-14(18)13(11-12-9-7-6-8-10-12)17-15(19)20-16(2,3)4/h5-10,13-14,18H,1,11H2,2-4H3,(H,17,19)/t13-,14?/m1/s1. The molecule has 2 N–H and O–H groups in total. The molecule has 2 atom stereocenters. The number of carbonyl (C=O) groups excluding carboxylic acids is 1. The first-order chi connectivity index (χ1) is 9.31. The SMILES string of the molecule is C=CC(O)[C@@H](Cc1ccccc1)NC(=O)OC(C)(C)C. The third kappa shape index (κ3) is 5.89. The van der Waals surface area contributed by atoms with Gasteiger partial charge >= 0.3 is 6.09 Å². The topological polar surface area (TPSA) is 58.6 Å². The molecule has 0 aliphatic carbocycles. The number of hydrogen-bond acceptors (Lipinski definition) is 3. The number of hydrogen-bond donors (Lipinski definition) is 2. The van der Waals surface area contributed by atoms with E-state index in [-0.39, 0.29) is 0 Å². The predicted molar refractivity (Wildman–Crippen MR) is 79.5 cm³/mol. The molecule has 110 valence electrons. The van der Waals surface area contributed by atoms with E-state index in [1.54, 1.807) is 20.8 Å². The Bertz CT molecular complexity index is 437. The monoisotopic (exact) mass is 277 g/mol. The van der Waals surface area contributed by atoms with E-state index < -0.39 is 23.8 Å². The van der Waals surface area contributed by atoms with Gasteiger partial charge in [-0.1, -0.05) is 36.4 Å². The number of aliphatic hydroxyl groups is 1. The molecule has 0 aliphatic rings. The van der Waals surface area contributed by atoms with Crippen LogP contribution in [0.3, 0.4) is 0 Å². The van der Waals surface area contributed by atoms with Crippen LogP contribution in [0.15, 0.2) is 43.0 Å². The largest absolute Gasteiger partial charge is 0.444 e. The van der Waals surface area contributed by atoms with Crippen molar-refractivity contribution < 1.29 is 14.6 Å². The molecular weight excluding hydrogens is 254 g/mol. The fraction of sp³-hybridized carbons (Fsp3) is 0.438. The van der Waals surface area contributed by atoms with Crippen molar-refractivity contribution in [2.45, 2.75) is 44.9 Å². The summed E-state index contributed by atoms with van der Waals surface area (Å²) >= 11 is 0. The van der Waals surface area contributed by atoms with Crippen molar-refractivity contribution in [3.05, 3.63) is 48.6 Å². The second-order valence-corrected chi connectivity index (χ2v) is 5.67. The van der Waals surface area contributed by atoms with E-state index in [0.29, 0.717) is 6.42 Å². The molecule has 0 radical (unpaired) electrons. The van der Waals surface area contributed by atoms with Gasteiger partial charge in [-0.2, -0.15) is 0 Å². The fourth-order valence-electron chi connectivity index (χ4n) is 1.75. The molecule has 0 saturated heterocycles. The average Bonchev–Trinajstić information content (AvgIpc) is 2.36. The van der Waals surface area contributed by atoms with Gasteiger partial charge in [0, 0.05) is 0 Å². The van der Waals surface area contributed by atoms with E-state index in [2.05, 4.69) is 11.9 Å². The second-order valence-electron chi connectivity index (χ2n) is 5.67. The summed E-state index contributed by atoms with van der Waals surface area (Å²) in [5.41, 5.74) is 0.454. The van der Waals surface area contributed by atoms with Gasteiger partial charge in [0.15, 0.2) is 0 Å². The van der Waals surface area contributed by atoms with Crippen LogP contribution in [0.1, 0.15) is 26.3 Å². The maximum absolute atomic E-state index is 11.8. The quantitative estimate of drug-likeness (QED) is 0.813. The summed E-state index contributed by atoms with van der Waals surface area (Å²) in [5.74, 6) is 0. The second kappa shape index (κ2) is 7.10. The first-order valence-corrected chi connectivity index (χ1v) is 6.66. The molecule has 4 nitrogen and oxygen atoms in total. The lowest BCUT2D eigenvalue weighted by atomic mass is 10.0. The summed E-state index contributed by atoms with van der Waals surface area (Å²) < 4.78 is 5.21. The average molecular weight is 277 g/mol. The molecule has 1 amide bonds. The van der Waals surface area contributed by atoms with E-state index in [1.807, 2.05) is 30.3 Å². The molecule has 1 aromatic carbocycles. The van der Waals surface area contributed by atoms with Gasteiger partial charge in [0.25, 0.3) is 0 Å². The normalized spacial score (nSPS) is 14.2. The van der Waals surface area contributed by atoms with Crippen LogP contribution in [0, 0.1) is 0 Å². The van der Waals surface area contributed by atoms with Gasteiger partial charge in [-0.25, -0.2) is 4.79 Å². The number of carbonyl (C=O) groups is 1. The number of amides is 1. The summed E-state index contributed by atoms with van der Waals surface area (Å²) in [6.45, 7) is 8.95. The van der Waals surface area contributed by atoms with E-state index >= 15 is 0 Å². The zero-order valence-corrected chi connectivity index (χ0v) is 12.3. The van der Waals surface area contributed by atoms with Crippen LogP contribution in [0.25, 0.3) is 0 Å². The molecule has 0 saturated carbocycles. The van der Waals surface area contributed by atoms with Crippen LogP contribution < -0.4 is 5.32 Å². The number of alkyl carbamates (subject to hydrolysis) is 1. The van der Waals surface area contributed by atoms with Gasteiger partial charge in [-0.3, -0.25) is 0 Å². The molecule has 1 aromatic rings. The number of aliphatic hydroxyl groups excluding tert-OH is 1. The summed E-state index contributed by atoms with van der Waals surface area (Å²) in [4.78, 5) is 11.8. The zero-order chi connectivity index (χ0) is 15.2. The van der Waals surface area contributed by atoms with Crippen molar-refractivity contribution in [2.24, 2.45) is 0 Å². The Morgan fingerprint density at radius 2 is 2.00 bits per heavy atom. The molecule has 0 spiro atoms. The Morgan fingerprint density at radius 3 is 2.50 bits per heavy atom. The van der Waals surface area contributed by atoms with E-state index in [0.717, 1.165) is 5.56 Å². The van der Waals surface area contributed by atoms with E-state index in [4.69, 9.17) is 4.74 Å². The van der Waals surface area contributed by atoms with Crippen molar-refractivity contribution in [1.82, 2.24) is 5.32 Å². The Kier molecular flexibility index (Phi) is 5.77. The smallest absolute Gasteiger partial charge is 0.407 e. The maximum Gasteiger partial charge on any atom is 0.407 e. The fourth-order valence-corrected chi connectivity index (χ4v) is 1.75. The van der Waals surface area contributed by atoms with Gasteiger partial charge < -0.3 is 15.2 Å². The van der Waals surface area contributed by atoms with Crippen molar-refractivity contribution in [3.63, 3.8) is 0 Å². The lowest BCUT2D eigenvalue weighted by molar-refractivity contribution is 0.0455. The van der Waals surface area contributed by atoms with Crippen LogP contribution in [-0.2, 0) is 11.2 Å². The van der Waals surface area contributed by atoms with E-state index in [9.17, 15) is 9.90 Å². The van der Waals surface area contributed by atoms with Crippen LogP contribution in [0.4, 0.5) is 4.79 Å². The van der Waals surface area contributed by atoms with Crippen molar-refractivity contribution in [3.8, 4) is 0 Å². The zero-order valence-electron chi connectivity index (χ0n) is 12.3. The molecule has 0 aliphatic heterocycles. The molecular formula is C16H23NO3. The molecule has 0 aromatic heterocycles. The lowest BCUT2D eigenvalue weighted by Gasteiger charge is -2.25. The highest BCUT2D eigenvalue weighted by Gasteiger charge is 2.23. The van der Waals surface area contributed by atoms with Crippen LogP contribution in [-0.4, -0.2) is 28.9 Å². The lowest BCUT2D eigenvalue weighted by Crippen LogP contribution is -2.46. The van der Waals surface area contributed by atoms with Crippen molar-refractivity contribution >= 4 is 6.09 Å². The minimum Gasteiger partial charge on any atom is -0.444 e. The summed E-state index contributed by atoms with van der Waals surface area (Å²) in [7, 11) is 0. The number of rotatable bonds is 5. The Hall–Kier alpha value is -1.81. The predicted octanol–water partition coefficient (Wildman–Crippen LogP) is 2.67. The molecule has 1 unspecified atom stereocenters.